The zero-order valence-electron chi connectivity index (χ0n) is 12.2. The van der Waals surface area contributed by atoms with Crippen LogP contribution in [0.2, 0.25) is 0 Å². The van der Waals surface area contributed by atoms with Gasteiger partial charge in [0.1, 0.15) is 0 Å². The number of pyridine rings is 1. The fourth-order valence-electron chi connectivity index (χ4n) is 2.17. The number of ketones is 1. The Bertz CT molecular complexity index is 831. The first-order valence-corrected chi connectivity index (χ1v) is 8.08. The van der Waals surface area contributed by atoms with Crippen LogP contribution in [-0.4, -0.2) is 21.0 Å². The number of amides is 1. The second kappa shape index (κ2) is 6.44. The Kier molecular flexibility index (Phi) is 4.36. The zero-order valence-corrected chi connectivity index (χ0v) is 13.9. The normalized spacial score (nSPS) is 16.2. The number of Topliss-reactive ketones (excluding diaryl/α,β-unsaturated/α-hetero) is 1. The third-order valence-electron chi connectivity index (χ3n) is 3.29. The van der Waals surface area contributed by atoms with Crippen LogP contribution in [0.4, 0.5) is 5.69 Å². The Labute approximate surface area is 143 Å². The van der Waals surface area contributed by atoms with Crippen LogP contribution in [0.1, 0.15) is 22.8 Å². The number of nitrogens with zero attached hydrogens (tertiary/aromatic N) is 2. The topological polar surface area (TPSA) is 50.3 Å². The van der Waals surface area contributed by atoms with Crippen molar-refractivity contribution in [2.45, 2.75) is 6.92 Å². The fraction of sp³-hybridized carbons (Fsp3) is 0.0588. The summed E-state index contributed by atoms with van der Waals surface area (Å²) >= 11 is 6.57. The second-order valence-electron chi connectivity index (χ2n) is 4.91. The van der Waals surface area contributed by atoms with Crippen molar-refractivity contribution in [3.8, 4) is 0 Å². The predicted octanol–water partition coefficient (Wildman–Crippen LogP) is 3.69. The van der Waals surface area contributed by atoms with Crippen molar-refractivity contribution in [1.29, 1.82) is 0 Å². The summed E-state index contributed by atoms with van der Waals surface area (Å²) in [6, 6.07) is 10.6. The molecule has 1 fully saturated rings. The summed E-state index contributed by atoms with van der Waals surface area (Å²) < 4.78 is 0.450. The third-order valence-corrected chi connectivity index (χ3v) is 4.59. The van der Waals surface area contributed by atoms with E-state index in [4.69, 9.17) is 12.2 Å². The number of hydrogen-bond donors (Lipinski definition) is 0. The molecule has 1 aromatic carbocycles. The van der Waals surface area contributed by atoms with Crippen molar-refractivity contribution < 1.29 is 9.59 Å². The highest BCUT2D eigenvalue weighted by Gasteiger charge is 2.33. The summed E-state index contributed by atoms with van der Waals surface area (Å²) in [5, 5.41) is 0. The van der Waals surface area contributed by atoms with Gasteiger partial charge in [0, 0.05) is 18.0 Å². The average molecular weight is 340 g/mol. The molecule has 0 radical (unpaired) electrons. The molecule has 1 aliphatic rings. The molecule has 1 amide bonds. The molecule has 0 atom stereocenters. The van der Waals surface area contributed by atoms with Gasteiger partial charge in [-0.3, -0.25) is 19.5 Å². The van der Waals surface area contributed by atoms with E-state index in [1.807, 2.05) is 12.1 Å². The number of carbonyl (C=O) groups excluding carboxylic acids is 2. The van der Waals surface area contributed by atoms with E-state index >= 15 is 0 Å². The van der Waals surface area contributed by atoms with Gasteiger partial charge in [-0.05, 0) is 36.8 Å². The van der Waals surface area contributed by atoms with Crippen LogP contribution in [0.3, 0.4) is 0 Å². The van der Waals surface area contributed by atoms with E-state index in [1.54, 1.807) is 42.7 Å². The highest BCUT2D eigenvalue weighted by atomic mass is 32.2. The molecular weight excluding hydrogens is 328 g/mol. The number of benzene rings is 1. The van der Waals surface area contributed by atoms with Gasteiger partial charge < -0.3 is 0 Å². The molecule has 0 unspecified atom stereocenters. The van der Waals surface area contributed by atoms with Gasteiger partial charge >= 0.3 is 0 Å². The van der Waals surface area contributed by atoms with E-state index < -0.39 is 0 Å². The van der Waals surface area contributed by atoms with Crippen molar-refractivity contribution >= 4 is 51.8 Å². The largest absolute Gasteiger partial charge is 0.295 e. The van der Waals surface area contributed by atoms with E-state index in [0.29, 0.717) is 20.5 Å². The zero-order chi connectivity index (χ0) is 16.4. The van der Waals surface area contributed by atoms with Gasteiger partial charge in [0.15, 0.2) is 10.1 Å². The number of anilines is 1. The van der Waals surface area contributed by atoms with Crippen molar-refractivity contribution in [3.63, 3.8) is 0 Å². The van der Waals surface area contributed by atoms with Crippen molar-refractivity contribution in [2.24, 2.45) is 0 Å². The molecule has 0 aliphatic carbocycles. The number of rotatable bonds is 3. The summed E-state index contributed by atoms with van der Waals surface area (Å²) in [5.41, 5.74) is 1.99. The van der Waals surface area contributed by atoms with Gasteiger partial charge in [-0.15, -0.1) is 0 Å². The number of thiocarbonyl (C=S) groups is 1. The quantitative estimate of drug-likeness (QED) is 0.484. The molecule has 0 spiro atoms. The van der Waals surface area contributed by atoms with Crippen molar-refractivity contribution in [2.75, 3.05) is 4.90 Å². The van der Waals surface area contributed by atoms with Crippen LogP contribution in [-0.2, 0) is 4.79 Å². The number of hydrogen-bond acceptors (Lipinski definition) is 5. The van der Waals surface area contributed by atoms with Crippen LogP contribution in [0.5, 0.6) is 0 Å². The first kappa shape index (κ1) is 15.6. The predicted molar refractivity (Wildman–Crippen MR) is 96.3 cm³/mol. The lowest BCUT2D eigenvalue weighted by Gasteiger charge is -2.15. The van der Waals surface area contributed by atoms with Crippen molar-refractivity contribution in [1.82, 2.24) is 4.98 Å². The van der Waals surface area contributed by atoms with E-state index in [2.05, 4.69) is 4.98 Å². The molecule has 0 N–H and O–H groups in total. The molecule has 0 saturated carbocycles. The molecule has 2 aromatic rings. The van der Waals surface area contributed by atoms with Crippen molar-refractivity contribution in [3.05, 3.63) is 64.8 Å². The Morgan fingerprint density at radius 1 is 1.30 bits per heavy atom. The summed E-state index contributed by atoms with van der Waals surface area (Å²) in [4.78, 5) is 30.2. The average Bonchev–Trinajstić information content (AvgIpc) is 2.82. The van der Waals surface area contributed by atoms with Crippen LogP contribution < -0.4 is 4.90 Å². The first-order chi connectivity index (χ1) is 11.1. The summed E-state index contributed by atoms with van der Waals surface area (Å²) in [5.74, 6) is -0.243. The maximum Gasteiger partial charge on any atom is 0.270 e. The van der Waals surface area contributed by atoms with Gasteiger partial charge in [-0.25, -0.2) is 0 Å². The monoisotopic (exact) mass is 340 g/mol. The Hall–Kier alpha value is -2.31. The third kappa shape index (κ3) is 3.23. The standard InChI is InChI=1S/C17H12N2O2S2/c1-11(20)13-5-2-6-14(9-13)19-16(21)15(23-17(19)22)8-12-4-3-7-18-10-12/h2-10H,1H3. The maximum absolute atomic E-state index is 12.6. The van der Waals surface area contributed by atoms with Crippen LogP contribution >= 0.6 is 24.0 Å². The van der Waals surface area contributed by atoms with E-state index in [1.165, 1.54) is 23.6 Å². The van der Waals surface area contributed by atoms with E-state index in [-0.39, 0.29) is 11.7 Å². The van der Waals surface area contributed by atoms with Crippen LogP contribution in [0, 0.1) is 0 Å². The Morgan fingerprint density at radius 3 is 2.83 bits per heavy atom. The lowest BCUT2D eigenvalue weighted by molar-refractivity contribution is -0.113. The first-order valence-electron chi connectivity index (χ1n) is 6.85. The smallest absolute Gasteiger partial charge is 0.270 e. The Balaban J connectivity index is 1.95. The highest BCUT2D eigenvalue weighted by Crippen LogP contribution is 2.36. The van der Waals surface area contributed by atoms with Crippen LogP contribution in [0.25, 0.3) is 6.08 Å². The molecule has 3 rings (SSSR count). The molecule has 2 heterocycles. The summed E-state index contributed by atoms with van der Waals surface area (Å²) in [6.45, 7) is 1.49. The molecule has 0 bridgehead atoms. The molecule has 114 valence electrons. The van der Waals surface area contributed by atoms with Crippen LogP contribution in [0.15, 0.2) is 53.7 Å². The van der Waals surface area contributed by atoms with E-state index in [0.717, 1.165) is 5.56 Å². The minimum Gasteiger partial charge on any atom is -0.295 e. The lowest BCUT2D eigenvalue weighted by Crippen LogP contribution is -2.27. The highest BCUT2D eigenvalue weighted by molar-refractivity contribution is 8.27. The number of carbonyl (C=O) groups is 2. The molecular formula is C17H12N2O2S2. The number of aromatic nitrogens is 1. The minimum atomic E-state index is -0.190. The van der Waals surface area contributed by atoms with Gasteiger partial charge in [-0.2, -0.15) is 0 Å². The molecule has 1 aliphatic heterocycles. The fourth-order valence-corrected chi connectivity index (χ4v) is 3.47. The van der Waals surface area contributed by atoms with Gasteiger partial charge in [0.05, 0.1) is 10.6 Å². The molecule has 23 heavy (non-hydrogen) atoms. The molecule has 4 nitrogen and oxygen atoms in total. The Morgan fingerprint density at radius 2 is 2.13 bits per heavy atom. The minimum absolute atomic E-state index is 0.0526. The lowest BCUT2D eigenvalue weighted by atomic mass is 10.1. The van der Waals surface area contributed by atoms with Gasteiger partial charge in [0.2, 0.25) is 0 Å². The molecule has 1 saturated heterocycles. The number of thioether (sulfide) groups is 1. The SMILES string of the molecule is CC(=O)c1cccc(N2C(=O)C(=Cc3cccnc3)SC2=S)c1. The molecule has 1 aromatic heterocycles. The second-order valence-corrected chi connectivity index (χ2v) is 6.59. The van der Waals surface area contributed by atoms with Gasteiger partial charge in [0.25, 0.3) is 5.91 Å². The maximum atomic E-state index is 12.6. The molecule has 6 heteroatoms. The summed E-state index contributed by atoms with van der Waals surface area (Å²) in [6.07, 6.45) is 5.12. The van der Waals surface area contributed by atoms with Gasteiger partial charge in [-0.1, -0.05) is 42.2 Å². The van der Waals surface area contributed by atoms with E-state index in [9.17, 15) is 9.59 Å². The summed E-state index contributed by atoms with van der Waals surface area (Å²) in [7, 11) is 0.